The number of hydrogen-bond donors (Lipinski definition) is 0. The molecule has 0 rings (SSSR count). The Morgan fingerprint density at radius 1 is 0.333 bits per heavy atom. The van der Waals surface area contributed by atoms with Crippen molar-refractivity contribution in [2.24, 2.45) is 0 Å². The summed E-state index contributed by atoms with van der Waals surface area (Å²) < 4.78 is 16.7. The highest BCUT2D eigenvalue weighted by Crippen LogP contribution is 2.13. The van der Waals surface area contributed by atoms with Gasteiger partial charge in [0.15, 0.2) is 6.10 Å². The molecule has 0 aromatic heterocycles. The zero-order valence-corrected chi connectivity index (χ0v) is 39.5. The molecule has 6 nitrogen and oxygen atoms in total. The van der Waals surface area contributed by atoms with Gasteiger partial charge in [0.25, 0.3) is 0 Å². The zero-order valence-electron chi connectivity index (χ0n) is 39.5. The van der Waals surface area contributed by atoms with Crippen LogP contribution in [0.5, 0.6) is 0 Å². The van der Waals surface area contributed by atoms with Crippen LogP contribution in [0, 0.1) is 0 Å². The Balaban J connectivity index is 4.47. The van der Waals surface area contributed by atoms with Crippen LogP contribution in [0.2, 0.25) is 0 Å². The molecule has 0 radical (unpaired) electrons. The maximum atomic E-state index is 12.8. The molecule has 0 heterocycles. The van der Waals surface area contributed by atoms with Crippen LogP contribution in [0.3, 0.4) is 0 Å². The highest BCUT2D eigenvalue weighted by atomic mass is 16.6. The summed E-state index contributed by atoms with van der Waals surface area (Å²) >= 11 is 0. The molecule has 0 bridgehead atoms. The third kappa shape index (κ3) is 46.2. The van der Waals surface area contributed by atoms with Crippen molar-refractivity contribution in [1.29, 1.82) is 0 Å². The number of unbranched alkanes of at least 4 members (excludes halogenated alkanes) is 24. The Morgan fingerprint density at radius 2 is 0.633 bits per heavy atom. The third-order valence-electron chi connectivity index (χ3n) is 10.7. The van der Waals surface area contributed by atoms with Crippen LogP contribution in [-0.4, -0.2) is 37.2 Å². The van der Waals surface area contributed by atoms with E-state index in [0.29, 0.717) is 19.3 Å². The number of carbonyl (C=O) groups excluding carboxylic acids is 3. The van der Waals surface area contributed by atoms with E-state index in [1.807, 2.05) is 0 Å². The van der Waals surface area contributed by atoms with Crippen LogP contribution >= 0.6 is 0 Å². The molecule has 0 saturated heterocycles. The second kappa shape index (κ2) is 48.8. The molecular formula is C54H94O6. The minimum absolute atomic E-state index is 0.100. The minimum atomic E-state index is -0.803. The van der Waals surface area contributed by atoms with Crippen molar-refractivity contribution >= 4 is 17.9 Å². The van der Waals surface area contributed by atoms with Crippen molar-refractivity contribution in [3.63, 3.8) is 0 Å². The molecule has 0 aliphatic carbocycles. The normalized spacial score (nSPS) is 12.5. The lowest BCUT2D eigenvalue weighted by atomic mass is 10.1. The van der Waals surface area contributed by atoms with Gasteiger partial charge in [-0.05, 0) is 96.3 Å². The van der Waals surface area contributed by atoms with Crippen molar-refractivity contribution in [2.75, 3.05) is 13.2 Å². The maximum Gasteiger partial charge on any atom is 0.306 e. The van der Waals surface area contributed by atoms with E-state index in [4.69, 9.17) is 14.2 Å². The summed E-state index contributed by atoms with van der Waals surface area (Å²) in [4.78, 5) is 37.8. The van der Waals surface area contributed by atoms with E-state index in [2.05, 4.69) is 81.5 Å². The van der Waals surface area contributed by atoms with E-state index < -0.39 is 6.10 Å². The second-order valence-electron chi connectivity index (χ2n) is 16.7. The van der Waals surface area contributed by atoms with Crippen LogP contribution in [0.4, 0.5) is 0 Å². The van der Waals surface area contributed by atoms with Gasteiger partial charge in [-0.2, -0.15) is 0 Å². The third-order valence-corrected chi connectivity index (χ3v) is 10.7. The van der Waals surface area contributed by atoms with Crippen molar-refractivity contribution in [1.82, 2.24) is 0 Å². The van der Waals surface area contributed by atoms with E-state index >= 15 is 0 Å². The molecule has 346 valence electrons. The molecule has 0 aliphatic rings. The van der Waals surface area contributed by atoms with Crippen LogP contribution in [-0.2, 0) is 28.6 Å². The van der Waals surface area contributed by atoms with Crippen molar-refractivity contribution in [3.8, 4) is 0 Å². The molecular weight excluding hydrogens is 745 g/mol. The molecule has 1 unspecified atom stereocenters. The Hall–Kier alpha value is -2.89. The SMILES string of the molecule is CCCC/C=C\CCCCCCCC(=O)OCC(COC(=O)CCC/C=C\C/C=C\C/C=C\CCCCCCCC)OC(=O)CCCCC/C=C\CCCCCCCCC. The molecule has 0 saturated carbocycles. The van der Waals surface area contributed by atoms with Gasteiger partial charge in [-0.1, -0.05) is 191 Å². The molecule has 60 heavy (non-hydrogen) atoms. The van der Waals surface area contributed by atoms with Crippen molar-refractivity contribution in [2.45, 2.75) is 252 Å². The molecule has 0 N–H and O–H groups in total. The highest BCUT2D eigenvalue weighted by Gasteiger charge is 2.19. The first-order valence-corrected chi connectivity index (χ1v) is 25.3. The summed E-state index contributed by atoms with van der Waals surface area (Å²) in [5.74, 6) is -0.979. The van der Waals surface area contributed by atoms with E-state index in [9.17, 15) is 14.4 Å². The van der Waals surface area contributed by atoms with Crippen molar-refractivity contribution in [3.05, 3.63) is 60.8 Å². The fourth-order valence-electron chi connectivity index (χ4n) is 6.84. The van der Waals surface area contributed by atoms with Crippen LogP contribution in [0.15, 0.2) is 60.8 Å². The smallest absolute Gasteiger partial charge is 0.306 e. The summed E-state index contributed by atoms with van der Waals surface area (Å²) in [6, 6.07) is 0. The van der Waals surface area contributed by atoms with Gasteiger partial charge < -0.3 is 14.2 Å². The van der Waals surface area contributed by atoms with Gasteiger partial charge in [-0.25, -0.2) is 0 Å². The lowest BCUT2D eigenvalue weighted by molar-refractivity contribution is -0.167. The Labute approximate surface area is 370 Å². The summed E-state index contributed by atoms with van der Waals surface area (Å²) in [5, 5.41) is 0. The first kappa shape index (κ1) is 57.1. The summed E-state index contributed by atoms with van der Waals surface area (Å²) in [6.07, 6.45) is 59.2. The Morgan fingerprint density at radius 3 is 1.08 bits per heavy atom. The van der Waals surface area contributed by atoms with E-state index in [1.165, 1.54) is 116 Å². The number of ether oxygens (including phenoxy) is 3. The Kier molecular flexibility index (Phi) is 46.4. The first-order valence-electron chi connectivity index (χ1n) is 25.3. The van der Waals surface area contributed by atoms with Gasteiger partial charge in [0, 0.05) is 19.3 Å². The Bertz CT molecular complexity index is 1100. The number of rotatable bonds is 45. The molecule has 0 aromatic rings. The minimum Gasteiger partial charge on any atom is -0.462 e. The monoisotopic (exact) mass is 839 g/mol. The lowest BCUT2D eigenvalue weighted by Crippen LogP contribution is -2.30. The highest BCUT2D eigenvalue weighted by molar-refractivity contribution is 5.71. The second-order valence-corrected chi connectivity index (χ2v) is 16.7. The average Bonchev–Trinajstić information content (AvgIpc) is 3.24. The van der Waals surface area contributed by atoms with Crippen molar-refractivity contribution < 1.29 is 28.6 Å². The van der Waals surface area contributed by atoms with Crippen LogP contribution in [0.25, 0.3) is 0 Å². The molecule has 0 fully saturated rings. The molecule has 1 atom stereocenters. The standard InChI is InChI=1S/C54H94O6/c1-4-7-10-13-16-19-22-24-26-27-28-30-32-35-38-41-44-47-53(56)59-50-51(49-58-52(55)46-43-40-37-34-31-21-18-15-12-9-6-3)60-54(57)48-45-42-39-36-33-29-25-23-20-17-14-11-8-5-2/h15,18,24,26,28-30,33,35,38,51H,4-14,16-17,19-23,25,27,31-32,34,36-37,39-50H2,1-3H3/b18-15-,26-24-,30-28-,33-29-,38-35-. The topological polar surface area (TPSA) is 78.9 Å². The summed E-state index contributed by atoms with van der Waals surface area (Å²) in [6.45, 7) is 6.52. The van der Waals surface area contributed by atoms with Gasteiger partial charge >= 0.3 is 17.9 Å². The van der Waals surface area contributed by atoms with E-state index in [0.717, 1.165) is 83.5 Å². The predicted octanol–water partition coefficient (Wildman–Crippen LogP) is 16.5. The van der Waals surface area contributed by atoms with E-state index in [1.54, 1.807) is 0 Å². The number of esters is 3. The largest absolute Gasteiger partial charge is 0.462 e. The molecule has 0 amide bonds. The number of allylic oxidation sites excluding steroid dienone is 10. The summed E-state index contributed by atoms with van der Waals surface area (Å²) in [7, 11) is 0. The lowest BCUT2D eigenvalue weighted by Gasteiger charge is -2.18. The summed E-state index contributed by atoms with van der Waals surface area (Å²) in [5.41, 5.74) is 0. The maximum absolute atomic E-state index is 12.8. The average molecular weight is 839 g/mol. The van der Waals surface area contributed by atoms with Crippen LogP contribution in [0.1, 0.15) is 245 Å². The molecule has 0 spiro atoms. The predicted molar refractivity (Wildman–Crippen MR) is 256 cm³/mol. The van der Waals surface area contributed by atoms with Gasteiger partial charge in [0.2, 0.25) is 0 Å². The fraction of sp³-hybridized carbons (Fsp3) is 0.759. The molecule has 6 heteroatoms. The number of carbonyl (C=O) groups is 3. The quantitative estimate of drug-likeness (QED) is 0.0263. The van der Waals surface area contributed by atoms with Crippen LogP contribution < -0.4 is 0 Å². The fourth-order valence-corrected chi connectivity index (χ4v) is 6.84. The number of hydrogen-bond acceptors (Lipinski definition) is 6. The first-order chi connectivity index (χ1) is 29.5. The van der Waals surface area contributed by atoms with Gasteiger partial charge in [-0.3, -0.25) is 14.4 Å². The molecule has 0 aliphatic heterocycles. The van der Waals surface area contributed by atoms with E-state index in [-0.39, 0.29) is 37.5 Å². The van der Waals surface area contributed by atoms with Gasteiger partial charge in [0.1, 0.15) is 13.2 Å². The van der Waals surface area contributed by atoms with Gasteiger partial charge in [0.05, 0.1) is 0 Å². The zero-order chi connectivity index (χ0) is 43.7. The molecule has 0 aromatic carbocycles. The van der Waals surface area contributed by atoms with Gasteiger partial charge in [-0.15, -0.1) is 0 Å².